The topological polar surface area (TPSA) is 110 Å². The van der Waals surface area contributed by atoms with Crippen LogP contribution in [-0.4, -0.2) is 40.0 Å². The zero-order chi connectivity index (χ0) is 23.9. The van der Waals surface area contributed by atoms with Crippen LogP contribution in [0.15, 0.2) is 54.7 Å². The summed E-state index contributed by atoms with van der Waals surface area (Å²) in [5.41, 5.74) is 18.8. The number of nitrogens with one attached hydrogen (secondary N) is 1. The molecule has 3 aliphatic heterocycles. The largest absolute Gasteiger partial charge is 0.364 e. The number of aryl methyl sites for hydroxylation is 1. The Morgan fingerprint density at radius 2 is 1.91 bits per heavy atom. The first-order valence-electron chi connectivity index (χ1n) is 12.7. The molecule has 3 aromatic rings. The highest BCUT2D eigenvalue weighted by molar-refractivity contribution is 5.92. The number of rotatable bonds is 6. The van der Waals surface area contributed by atoms with E-state index in [0.29, 0.717) is 23.3 Å². The van der Waals surface area contributed by atoms with Crippen LogP contribution in [-0.2, 0) is 13.0 Å². The molecule has 1 aromatic heterocycles. The number of nitrogens with two attached hydrogens (primary N) is 2. The molecule has 7 heteroatoms. The number of primary amides is 1. The first-order chi connectivity index (χ1) is 17.1. The van der Waals surface area contributed by atoms with Crippen LogP contribution < -0.4 is 16.8 Å². The summed E-state index contributed by atoms with van der Waals surface area (Å²) in [6, 6.07) is 17.3. The Hall–Kier alpha value is -3.13. The number of hydrogen-bond donors (Lipinski definition) is 3. The monoisotopic (exact) mass is 468 g/mol. The molecule has 3 saturated heterocycles. The first kappa shape index (κ1) is 22.3. The number of carbonyl (C=O) groups is 1. The fourth-order valence-electron chi connectivity index (χ4n) is 6.28. The second-order valence-corrected chi connectivity index (χ2v) is 10.1. The summed E-state index contributed by atoms with van der Waals surface area (Å²) in [7, 11) is 0. The molecule has 5 N–H and O–H groups in total. The van der Waals surface area contributed by atoms with Crippen LogP contribution in [0.1, 0.15) is 64.1 Å². The number of hydrogen-bond acceptors (Lipinski definition) is 6. The molecule has 3 atom stereocenters. The molecule has 1 aliphatic carbocycles. The maximum absolute atomic E-state index is 12.4. The van der Waals surface area contributed by atoms with Gasteiger partial charge in [-0.3, -0.25) is 14.7 Å². The first-order valence-corrected chi connectivity index (χ1v) is 12.7. The minimum Gasteiger partial charge on any atom is -0.364 e. The van der Waals surface area contributed by atoms with Gasteiger partial charge in [0.25, 0.3) is 5.91 Å². The Morgan fingerprint density at radius 3 is 2.71 bits per heavy atom. The maximum Gasteiger partial charge on any atom is 0.269 e. The highest BCUT2D eigenvalue weighted by atomic mass is 16.1. The van der Waals surface area contributed by atoms with Crippen LogP contribution in [0.5, 0.6) is 0 Å². The van der Waals surface area contributed by atoms with Crippen LogP contribution in [0, 0.1) is 5.92 Å². The van der Waals surface area contributed by atoms with Gasteiger partial charge < -0.3 is 16.8 Å². The van der Waals surface area contributed by atoms with Crippen molar-refractivity contribution in [2.75, 3.05) is 13.1 Å². The van der Waals surface area contributed by atoms with Crippen molar-refractivity contribution in [3.8, 4) is 11.3 Å². The molecule has 0 radical (unpaired) electrons. The van der Waals surface area contributed by atoms with Crippen LogP contribution in [0.25, 0.3) is 11.3 Å². The molecule has 2 aromatic carbocycles. The zero-order valence-corrected chi connectivity index (χ0v) is 19.9. The van der Waals surface area contributed by atoms with Crippen molar-refractivity contribution in [2.45, 2.75) is 50.4 Å². The van der Waals surface area contributed by atoms with E-state index in [1.165, 1.54) is 11.1 Å². The van der Waals surface area contributed by atoms with E-state index < -0.39 is 5.91 Å². The summed E-state index contributed by atoms with van der Waals surface area (Å²) in [6.07, 6.45) is 6.01. The third kappa shape index (κ3) is 4.14. The normalized spacial score (nSPS) is 27.1. The van der Waals surface area contributed by atoms with Gasteiger partial charge in [-0.2, -0.15) is 0 Å². The summed E-state index contributed by atoms with van der Waals surface area (Å²) in [6.45, 7) is 2.77. The SMILES string of the molecule is NC(=O)c1nc(-c2cccc(CN[C@H]3CCc4ccccc43)c2)cnc1C1C2CCN(CC2)C1N. The third-order valence-corrected chi connectivity index (χ3v) is 8.13. The van der Waals surface area contributed by atoms with Crippen molar-refractivity contribution >= 4 is 5.91 Å². The highest BCUT2D eigenvalue weighted by Gasteiger charge is 2.43. The molecule has 3 fully saturated rings. The van der Waals surface area contributed by atoms with Gasteiger partial charge in [0.2, 0.25) is 0 Å². The van der Waals surface area contributed by atoms with Crippen molar-refractivity contribution in [3.63, 3.8) is 0 Å². The van der Waals surface area contributed by atoms with Crippen LogP contribution >= 0.6 is 0 Å². The van der Waals surface area contributed by atoms with Gasteiger partial charge in [0.05, 0.1) is 23.8 Å². The van der Waals surface area contributed by atoms with E-state index in [-0.39, 0.29) is 17.8 Å². The summed E-state index contributed by atoms with van der Waals surface area (Å²) >= 11 is 0. The molecule has 2 bridgehead atoms. The molecule has 180 valence electrons. The Bertz CT molecular complexity index is 1250. The van der Waals surface area contributed by atoms with E-state index >= 15 is 0 Å². The molecule has 0 saturated carbocycles. The standard InChI is InChI=1S/C28H32N6O/c29-27-24(19-10-12-34(27)13-11-19)25-26(28(30)35)33-23(16-32-25)20-6-3-4-17(14-20)15-31-22-9-8-18-5-1-2-7-21(18)22/h1-7,14,16,19,22,24,27,31H,8-13,15,29H2,(H2,30,35)/t22-,24?,27?/m0/s1. The summed E-state index contributed by atoms with van der Waals surface area (Å²) in [5.74, 6) is -0.134. The van der Waals surface area contributed by atoms with Gasteiger partial charge in [0.15, 0.2) is 5.69 Å². The van der Waals surface area contributed by atoms with E-state index in [1.807, 2.05) is 12.1 Å². The number of amides is 1. The second-order valence-electron chi connectivity index (χ2n) is 10.1. The third-order valence-electron chi connectivity index (χ3n) is 8.13. The highest BCUT2D eigenvalue weighted by Crippen LogP contribution is 2.42. The molecule has 2 unspecified atom stereocenters. The molecule has 7 rings (SSSR count). The zero-order valence-electron chi connectivity index (χ0n) is 19.9. The maximum atomic E-state index is 12.4. The molecule has 0 spiro atoms. The van der Waals surface area contributed by atoms with Gasteiger partial charge in [-0.05, 0) is 67.4 Å². The van der Waals surface area contributed by atoms with Gasteiger partial charge in [0, 0.05) is 24.1 Å². The molecule has 7 nitrogen and oxygen atoms in total. The lowest BCUT2D eigenvalue weighted by Gasteiger charge is -2.49. The van der Waals surface area contributed by atoms with Gasteiger partial charge in [0.1, 0.15) is 0 Å². The van der Waals surface area contributed by atoms with Gasteiger partial charge in [-0.25, -0.2) is 4.98 Å². The fourth-order valence-corrected chi connectivity index (χ4v) is 6.28. The molecule has 4 heterocycles. The number of carbonyl (C=O) groups excluding carboxylic acids is 1. The lowest BCUT2D eigenvalue weighted by molar-refractivity contribution is 0.0267. The van der Waals surface area contributed by atoms with E-state index in [2.05, 4.69) is 46.6 Å². The second kappa shape index (κ2) is 9.15. The lowest BCUT2D eigenvalue weighted by atomic mass is 9.74. The Balaban J connectivity index is 1.24. The van der Waals surface area contributed by atoms with Crippen molar-refractivity contribution in [1.29, 1.82) is 0 Å². The number of benzene rings is 2. The Kier molecular flexibility index (Phi) is 5.84. The van der Waals surface area contributed by atoms with Crippen LogP contribution in [0.2, 0.25) is 0 Å². The average molecular weight is 469 g/mol. The molecule has 4 aliphatic rings. The van der Waals surface area contributed by atoms with E-state index in [4.69, 9.17) is 21.4 Å². The number of nitrogens with zero attached hydrogens (tertiary/aromatic N) is 3. The Morgan fingerprint density at radius 1 is 1.09 bits per heavy atom. The number of piperidine rings is 3. The van der Waals surface area contributed by atoms with Crippen molar-refractivity contribution < 1.29 is 4.79 Å². The number of aromatic nitrogens is 2. The quantitative estimate of drug-likeness (QED) is 0.513. The minimum absolute atomic E-state index is 0.00799. The van der Waals surface area contributed by atoms with Gasteiger partial charge in [-0.1, -0.05) is 42.5 Å². The Labute approximate surface area is 205 Å². The molecule has 35 heavy (non-hydrogen) atoms. The van der Waals surface area contributed by atoms with Crippen molar-refractivity contribution in [1.82, 2.24) is 20.2 Å². The van der Waals surface area contributed by atoms with Gasteiger partial charge >= 0.3 is 0 Å². The van der Waals surface area contributed by atoms with E-state index in [0.717, 1.165) is 56.4 Å². The molecular weight excluding hydrogens is 436 g/mol. The average Bonchev–Trinajstić information content (AvgIpc) is 3.31. The molecular formula is C28H32N6O. The smallest absolute Gasteiger partial charge is 0.269 e. The van der Waals surface area contributed by atoms with Gasteiger partial charge in [-0.15, -0.1) is 0 Å². The van der Waals surface area contributed by atoms with Crippen molar-refractivity contribution in [2.24, 2.45) is 17.4 Å². The summed E-state index contributed by atoms with van der Waals surface area (Å²) in [4.78, 5) is 24.2. The van der Waals surface area contributed by atoms with Crippen LogP contribution in [0.3, 0.4) is 0 Å². The van der Waals surface area contributed by atoms with E-state index in [1.54, 1.807) is 6.20 Å². The summed E-state index contributed by atoms with van der Waals surface area (Å²) in [5, 5.41) is 3.71. The van der Waals surface area contributed by atoms with Crippen molar-refractivity contribution in [3.05, 3.63) is 82.8 Å². The summed E-state index contributed by atoms with van der Waals surface area (Å²) < 4.78 is 0. The number of fused-ring (bicyclic) bond motifs is 4. The predicted molar refractivity (Wildman–Crippen MR) is 135 cm³/mol. The van der Waals surface area contributed by atoms with E-state index in [9.17, 15) is 4.79 Å². The fraction of sp³-hybridized carbons (Fsp3) is 0.393. The predicted octanol–water partition coefficient (Wildman–Crippen LogP) is 3.11. The molecule has 1 amide bonds. The van der Waals surface area contributed by atoms with Crippen LogP contribution in [0.4, 0.5) is 0 Å². The lowest BCUT2D eigenvalue weighted by Crippen LogP contribution is -2.58. The minimum atomic E-state index is -0.546.